The number of carbonyl (C=O) groups is 1. The molecule has 1 amide bonds. The topological polar surface area (TPSA) is 73.4 Å². The molecule has 3 atom stereocenters. The zero-order valence-electron chi connectivity index (χ0n) is 14.1. The fraction of sp³-hybridized carbons (Fsp3) is 0.750. The molecule has 1 aliphatic carbocycles. The third-order valence-corrected chi connectivity index (χ3v) is 4.67. The molecule has 0 aromatic carbocycles. The average molecular weight is 379 g/mol. The molecule has 138 valence electrons. The SMILES string of the molecule is Cc1cnn(CC2CN(C(=O)C3CCCC(N)C3)CCO2)c1.Cl.Cl. The van der Waals surface area contributed by atoms with Gasteiger partial charge in [-0.25, -0.2) is 0 Å². The third kappa shape index (κ3) is 5.34. The molecule has 0 radical (unpaired) electrons. The number of carbonyl (C=O) groups excluding carboxylic acids is 1. The average Bonchev–Trinajstić information content (AvgIpc) is 2.92. The van der Waals surface area contributed by atoms with Crippen molar-refractivity contribution in [3.05, 3.63) is 18.0 Å². The standard InChI is InChI=1S/C16H26N4O2.2ClH/c1-12-8-18-20(9-12)11-15-10-19(5-6-22-15)16(21)13-3-2-4-14(17)7-13;;/h8-9,13-15H,2-7,10-11,17H2,1H3;2*1H. The van der Waals surface area contributed by atoms with E-state index in [0.717, 1.165) is 31.2 Å². The zero-order chi connectivity index (χ0) is 15.5. The summed E-state index contributed by atoms with van der Waals surface area (Å²) in [7, 11) is 0. The number of halogens is 2. The Hall–Kier alpha value is -0.820. The van der Waals surface area contributed by atoms with E-state index in [1.807, 2.05) is 28.9 Å². The smallest absolute Gasteiger partial charge is 0.225 e. The first-order valence-corrected chi connectivity index (χ1v) is 8.27. The summed E-state index contributed by atoms with van der Waals surface area (Å²) in [4.78, 5) is 14.7. The molecule has 3 rings (SSSR count). The molecule has 2 heterocycles. The highest BCUT2D eigenvalue weighted by Crippen LogP contribution is 2.25. The summed E-state index contributed by atoms with van der Waals surface area (Å²) < 4.78 is 7.69. The second kappa shape index (κ2) is 9.61. The van der Waals surface area contributed by atoms with Gasteiger partial charge in [0.2, 0.25) is 5.91 Å². The summed E-state index contributed by atoms with van der Waals surface area (Å²) in [6.07, 6.45) is 7.80. The largest absolute Gasteiger partial charge is 0.373 e. The maximum atomic E-state index is 12.7. The van der Waals surface area contributed by atoms with Gasteiger partial charge in [0.15, 0.2) is 0 Å². The van der Waals surface area contributed by atoms with Gasteiger partial charge < -0.3 is 15.4 Å². The van der Waals surface area contributed by atoms with E-state index in [-0.39, 0.29) is 48.8 Å². The molecule has 6 nitrogen and oxygen atoms in total. The minimum atomic E-state index is 0. The number of morpholine rings is 1. The summed E-state index contributed by atoms with van der Waals surface area (Å²) in [6, 6.07) is 0.187. The lowest BCUT2D eigenvalue weighted by molar-refractivity contribution is -0.144. The number of aromatic nitrogens is 2. The molecule has 1 saturated heterocycles. The number of amides is 1. The fourth-order valence-electron chi connectivity index (χ4n) is 3.52. The van der Waals surface area contributed by atoms with Gasteiger partial charge in [0.25, 0.3) is 0 Å². The van der Waals surface area contributed by atoms with E-state index in [1.54, 1.807) is 0 Å². The molecule has 3 unspecified atom stereocenters. The van der Waals surface area contributed by atoms with Crippen LogP contribution in [0.5, 0.6) is 0 Å². The molecule has 0 spiro atoms. The molecule has 2 fully saturated rings. The molecule has 0 bridgehead atoms. The number of hydrogen-bond acceptors (Lipinski definition) is 4. The molecule has 1 saturated carbocycles. The fourth-order valence-corrected chi connectivity index (χ4v) is 3.52. The van der Waals surface area contributed by atoms with Crippen LogP contribution in [0.2, 0.25) is 0 Å². The summed E-state index contributed by atoms with van der Waals surface area (Å²) in [5.41, 5.74) is 7.16. The summed E-state index contributed by atoms with van der Waals surface area (Å²) in [5.74, 6) is 0.370. The molecule has 2 aliphatic rings. The molecule has 24 heavy (non-hydrogen) atoms. The van der Waals surface area contributed by atoms with Crippen molar-refractivity contribution in [2.24, 2.45) is 11.7 Å². The van der Waals surface area contributed by atoms with Crippen LogP contribution in [0.15, 0.2) is 12.4 Å². The highest BCUT2D eigenvalue weighted by molar-refractivity contribution is 5.85. The minimum absolute atomic E-state index is 0. The Morgan fingerprint density at radius 1 is 1.42 bits per heavy atom. The zero-order valence-corrected chi connectivity index (χ0v) is 15.7. The Morgan fingerprint density at radius 3 is 2.88 bits per heavy atom. The molecule has 1 aromatic heterocycles. The molecule has 2 N–H and O–H groups in total. The third-order valence-electron chi connectivity index (χ3n) is 4.67. The lowest BCUT2D eigenvalue weighted by Crippen LogP contribution is -2.50. The van der Waals surface area contributed by atoms with Crippen molar-refractivity contribution in [2.45, 2.75) is 51.3 Å². The van der Waals surface area contributed by atoms with Crippen LogP contribution in [0.3, 0.4) is 0 Å². The van der Waals surface area contributed by atoms with E-state index in [2.05, 4.69) is 5.10 Å². The number of ether oxygens (including phenoxy) is 1. The van der Waals surface area contributed by atoms with E-state index in [1.165, 1.54) is 0 Å². The van der Waals surface area contributed by atoms with E-state index < -0.39 is 0 Å². The van der Waals surface area contributed by atoms with E-state index in [4.69, 9.17) is 10.5 Å². The van der Waals surface area contributed by atoms with Crippen molar-refractivity contribution >= 4 is 30.7 Å². The number of rotatable bonds is 3. The number of nitrogens with zero attached hydrogens (tertiary/aromatic N) is 3. The van der Waals surface area contributed by atoms with Crippen molar-refractivity contribution in [3.8, 4) is 0 Å². The Balaban J connectivity index is 0.00000144. The van der Waals surface area contributed by atoms with Crippen LogP contribution in [0, 0.1) is 12.8 Å². The van der Waals surface area contributed by atoms with Gasteiger partial charge in [0.1, 0.15) is 0 Å². The van der Waals surface area contributed by atoms with Crippen molar-refractivity contribution in [2.75, 3.05) is 19.7 Å². The van der Waals surface area contributed by atoms with Crippen molar-refractivity contribution in [1.82, 2.24) is 14.7 Å². The van der Waals surface area contributed by atoms with Crippen LogP contribution in [-0.2, 0) is 16.1 Å². The van der Waals surface area contributed by atoms with Crippen molar-refractivity contribution in [3.63, 3.8) is 0 Å². The monoisotopic (exact) mass is 378 g/mol. The van der Waals surface area contributed by atoms with E-state index in [9.17, 15) is 4.79 Å². The Bertz CT molecular complexity index is 526. The Kier molecular flexibility index (Phi) is 8.50. The summed E-state index contributed by atoms with van der Waals surface area (Å²) in [5, 5.41) is 4.30. The van der Waals surface area contributed by atoms with Gasteiger partial charge in [0.05, 0.1) is 25.5 Å². The predicted molar refractivity (Wildman–Crippen MR) is 97.7 cm³/mol. The number of aryl methyl sites for hydroxylation is 1. The van der Waals surface area contributed by atoms with Gasteiger partial charge in [-0.15, -0.1) is 24.8 Å². The Morgan fingerprint density at radius 2 is 2.21 bits per heavy atom. The van der Waals surface area contributed by atoms with Gasteiger partial charge in [-0.3, -0.25) is 9.48 Å². The van der Waals surface area contributed by atoms with Gasteiger partial charge in [0, 0.05) is 31.2 Å². The normalized spacial score (nSPS) is 27.1. The number of nitrogens with two attached hydrogens (primary N) is 1. The first-order chi connectivity index (χ1) is 10.6. The maximum Gasteiger partial charge on any atom is 0.225 e. The first kappa shape index (κ1) is 21.2. The van der Waals surface area contributed by atoms with Crippen LogP contribution in [0.1, 0.15) is 31.2 Å². The summed E-state index contributed by atoms with van der Waals surface area (Å²) >= 11 is 0. The second-order valence-electron chi connectivity index (χ2n) is 6.64. The van der Waals surface area contributed by atoms with Gasteiger partial charge in [-0.1, -0.05) is 6.42 Å². The maximum absolute atomic E-state index is 12.7. The second-order valence-corrected chi connectivity index (χ2v) is 6.64. The van der Waals surface area contributed by atoms with Crippen LogP contribution < -0.4 is 5.73 Å². The van der Waals surface area contributed by atoms with Gasteiger partial charge >= 0.3 is 0 Å². The summed E-state index contributed by atoms with van der Waals surface area (Å²) in [6.45, 7) is 4.67. The molecule has 8 heteroatoms. The Labute approximate surface area is 155 Å². The first-order valence-electron chi connectivity index (χ1n) is 8.27. The molecule has 1 aromatic rings. The lowest BCUT2D eigenvalue weighted by atomic mass is 9.85. The van der Waals surface area contributed by atoms with Crippen molar-refractivity contribution < 1.29 is 9.53 Å². The predicted octanol–water partition coefficient (Wildman–Crippen LogP) is 1.78. The van der Waals surface area contributed by atoms with Crippen LogP contribution in [-0.4, -0.2) is 52.4 Å². The lowest BCUT2D eigenvalue weighted by Gasteiger charge is -2.36. The van der Waals surface area contributed by atoms with Gasteiger partial charge in [-0.2, -0.15) is 5.10 Å². The number of hydrogen-bond donors (Lipinski definition) is 1. The molecular formula is C16H28Cl2N4O2. The van der Waals surface area contributed by atoms with E-state index >= 15 is 0 Å². The van der Waals surface area contributed by atoms with Crippen LogP contribution in [0.4, 0.5) is 0 Å². The van der Waals surface area contributed by atoms with E-state index in [0.29, 0.717) is 26.2 Å². The van der Waals surface area contributed by atoms with Crippen molar-refractivity contribution in [1.29, 1.82) is 0 Å². The highest BCUT2D eigenvalue weighted by atomic mass is 35.5. The van der Waals surface area contributed by atoms with Gasteiger partial charge in [-0.05, 0) is 31.7 Å². The van der Waals surface area contributed by atoms with Crippen LogP contribution >= 0.6 is 24.8 Å². The quantitative estimate of drug-likeness (QED) is 0.869. The molecule has 1 aliphatic heterocycles. The highest BCUT2D eigenvalue weighted by Gasteiger charge is 2.32. The minimum Gasteiger partial charge on any atom is -0.373 e. The van der Waals surface area contributed by atoms with Crippen LogP contribution in [0.25, 0.3) is 0 Å². The molecular weight excluding hydrogens is 351 g/mol.